The standard InChI is InChI=1S/C9H10BrN3/c1-7(10)4-8-5-11-9-2-3-12-13(9)6-8/h2-3,5-7H,4H2,1H3. The predicted molar refractivity (Wildman–Crippen MR) is 55.1 cm³/mol. The quantitative estimate of drug-likeness (QED) is 0.752. The van der Waals surface area contributed by atoms with Crippen molar-refractivity contribution in [2.75, 3.05) is 0 Å². The van der Waals surface area contributed by atoms with Crippen LogP contribution in [0.25, 0.3) is 5.65 Å². The smallest absolute Gasteiger partial charge is 0.154 e. The van der Waals surface area contributed by atoms with E-state index >= 15 is 0 Å². The molecule has 4 heteroatoms. The molecule has 2 heterocycles. The lowest BCUT2D eigenvalue weighted by molar-refractivity contribution is 0.880. The molecule has 0 saturated heterocycles. The Morgan fingerprint density at radius 3 is 3.23 bits per heavy atom. The van der Waals surface area contributed by atoms with Gasteiger partial charge in [-0.25, -0.2) is 9.50 Å². The second-order valence-electron chi connectivity index (χ2n) is 3.08. The summed E-state index contributed by atoms with van der Waals surface area (Å²) in [6, 6.07) is 1.89. The summed E-state index contributed by atoms with van der Waals surface area (Å²) < 4.78 is 1.80. The average molecular weight is 240 g/mol. The molecule has 1 atom stereocenters. The van der Waals surface area contributed by atoms with Gasteiger partial charge in [-0.3, -0.25) is 0 Å². The first-order valence-corrected chi connectivity index (χ1v) is 5.09. The van der Waals surface area contributed by atoms with Crippen LogP contribution in [0, 0.1) is 0 Å². The number of rotatable bonds is 2. The summed E-state index contributed by atoms with van der Waals surface area (Å²) in [5, 5.41) is 4.13. The van der Waals surface area contributed by atoms with E-state index < -0.39 is 0 Å². The Bertz CT molecular complexity index is 408. The van der Waals surface area contributed by atoms with Crippen molar-refractivity contribution < 1.29 is 0 Å². The van der Waals surface area contributed by atoms with E-state index in [9.17, 15) is 0 Å². The van der Waals surface area contributed by atoms with Crippen molar-refractivity contribution in [1.29, 1.82) is 0 Å². The number of fused-ring (bicyclic) bond motifs is 1. The van der Waals surface area contributed by atoms with Gasteiger partial charge in [0.25, 0.3) is 0 Å². The molecule has 0 amide bonds. The van der Waals surface area contributed by atoms with Crippen LogP contribution >= 0.6 is 15.9 Å². The van der Waals surface area contributed by atoms with Gasteiger partial charge in [0.2, 0.25) is 0 Å². The summed E-state index contributed by atoms with van der Waals surface area (Å²) in [4.78, 5) is 4.75. The van der Waals surface area contributed by atoms with Crippen molar-refractivity contribution in [2.45, 2.75) is 18.2 Å². The van der Waals surface area contributed by atoms with Crippen molar-refractivity contribution in [3.05, 3.63) is 30.2 Å². The van der Waals surface area contributed by atoms with Gasteiger partial charge in [-0.1, -0.05) is 22.9 Å². The lowest BCUT2D eigenvalue weighted by atomic mass is 10.2. The lowest BCUT2D eigenvalue weighted by Gasteiger charge is -2.02. The Hall–Kier alpha value is -0.900. The number of nitrogens with zero attached hydrogens (tertiary/aromatic N) is 3. The van der Waals surface area contributed by atoms with E-state index in [-0.39, 0.29) is 0 Å². The van der Waals surface area contributed by atoms with Gasteiger partial charge < -0.3 is 0 Å². The van der Waals surface area contributed by atoms with Crippen molar-refractivity contribution in [3.63, 3.8) is 0 Å². The molecule has 0 saturated carbocycles. The minimum absolute atomic E-state index is 0.474. The highest BCUT2D eigenvalue weighted by Gasteiger charge is 2.01. The van der Waals surface area contributed by atoms with E-state index in [1.807, 2.05) is 18.5 Å². The van der Waals surface area contributed by atoms with Crippen LogP contribution in [0.5, 0.6) is 0 Å². The van der Waals surface area contributed by atoms with Gasteiger partial charge >= 0.3 is 0 Å². The molecule has 2 aromatic heterocycles. The number of aromatic nitrogens is 3. The van der Waals surface area contributed by atoms with Crippen LogP contribution in [-0.4, -0.2) is 19.4 Å². The molecule has 2 rings (SSSR count). The third-order valence-corrected chi connectivity index (χ3v) is 2.14. The SMILES string of the molecule is CC(Br)Cc1cnc2ccnn2c1. The summed E-state index contributed by atoms with van der Waals surface area (Å²) in [5.41, 5.74) is 2.09. The molecule has 0 aromatic carbocycles. The normalized spacial score (nSPS) is 13.4. The Labute approximate surface area is 84.9 Å². The van der Waals surface area contributed by atoms with Crippen molar-refractivity contribution in [1.82, 2.24) is 14.6 Å². The molecular weight excluding hydrogens is 230 g/mol. The molecule has 2 aromatic rings. The molecule has 0 N–H and O–H groups in total. The monoisotopic (exact) mass is 239 g/mol. The molecule has 3 nitrogen and oxygen atoms in total. The minimum atomic E-state index is 0.474. The fraction of sp³-hybridized carbons (Fsp3) is 0.333. The highest BCUT2D eigenvalue weighted by Crippen LogP contribution is 2.08. The highest BCUT2D eigenvalue weighted by molar-refractivity contribution is 9.09. The van der Waals surface area contributed by atoms with Crippen molar-refractivity contribution >= 4 is 21.6 Å². The van der Waals surface area contributed by atoms with Crippen LogP contribution in [0.1, 0.15) is 12.5 Å². The van der Waals surface area contributed by atoms with Crippen molar-refractivity contribution in [3.8, 4) is 0 Å². The molecule has 1 unspecified atom stereocenters. The highest BCUT2D eigenvalue weighted by atomic mass is 79.9. The van der Waals surface area contributed by atoms with Gasteiger partial charge in [-0.2, -0.15) is 5.10 Å². The largest absolute Gasteiger partial charge is 0.237 e. The fourth-order valence-electron chi connectivity index (χ4n) is 1.28. The number of hydrogen-bond acceptors (Lipinski definition) is 2. The number of alkyl halides is 1. The van der Waals surface area contributed by atoms with Crippen molar-refractivity contribution in [2.24, 2.45) is 0 Å². The van der Waals surface area contributed by atoms with Crippen LogP contribution in [0.4, 0.5) is 0 Å². The zero-order valence-electron chi connectivity index (χ0n) is 7.31. The third-order valence-electron chi connectivity index (χ3n) is 1.82. The first-order valence-electron chi connectivity index (χ1n) is 4.18. The Morgan fingerprint density at radius 2 is 2.46 bits per heavy atom. The van der Waals surface area contributed by atoms with E-state index in [1.54, 1.807) is 10.7 Å². The fourth-order valence-corrected chi connectivity index (χ4v) is 1.65. The van der Waals surface area contributed by atoms with Gasteiger partial charge in [0.15, 0.2) is 5.65 Å². The van der Waals surface area contributed by atoms with E-state index in [2.05, 4.69) is 32.9 Å². The van der Waals surface area contributed by atoms with E-state index in [4.69, 9.17) is 0 Å². The third kappa shape index (κ3) is 1.88. The molecule has 0 aliphatic heterocycles. The minimum Gasteiger partial charge on any atom is -0.237 e. The summed E-state index contributed by atoms with van der Waals surface area (Å²) in [6.45, 7) is 2.12. The molecule has 0 spiro atoms. The van der Waals surface area contributed by atoms with E-state index in [0.717, 1.165) is 12.1 Å². The summed E-state index contributed by atoms with van der Waals surface area (Å²) >= 11 is 3.51. The number of halogens is 1. The first-order chi connectivity index (χ1) is 6.25. The second kappa shape index (κ2) is 3.46. The first kappa shape index (κ1) is 8.69. The number of hydrogen-bond donors (Lipinski definition) is 0. The zero-order valence-corrected chi connectivity index (χ0v) is 8.90. The summed E-state index contributed by atoms with van der Waals surface area (Å²) in [7, 11) is 0. The molecule has 13 heavy (non-hydrogen) atoms. The predicted octanol–water partition coefficient (Wildman–Crippen LogP) is 2.06. The topological polar surface area (TPSA) is 30.2 Å². The van der Waals surface area contributed by atoms with Gasteiger partial charge in [0.05, 0.1) is 6.20 Å². The Morgan fingerprint density at radius 1 is 1.62 bits per heavy atom. The Balaban J connectivity index is 2.37. The lowest BCUT2D eigenvalue weighted by Crippen LogP contribution is -2.00. The summed E-state index contributed by atoms with van der Waals surface area (Å²) in [5.74, 6) is 0. The molecule has 0 aliphatic rings. The van der Waals surface area contributed by atoms with Gasteiger partial charge in [0.1, 0.15) is 0 Å². The Kier molecular flexibility index (Phi) is 2.31. The molecular formula is C9H10BrN3. The van der Waals surface area contributed by atoms with Gasteiger partial charge in [-0.05, 0) is 12.0 Å². The van der Waals surface area contributed by atoms with Crippen LogP contribution in [0.15, 0.2) is 24.7 Å². The molecule has 0 fully saturated rings. The molecule has 0 radical (unpaired) electrons. The summed E-state index contributed by atoms with van der Waals surface area (Å²) in [6.07, 6.45) is 6.64. The molecule has 68 valence electrons. The molecule has 0 aliphatic carbocycles. The van der Waals surface area contributed by atoms with Crippen LogP contribution in [0.3, 0.4) is 0 Å². The molecule has 0 bridgehead atoms. The average Bonchev–Trinajstić information content (AvgIpc) is 2.49. The van der Waals surface area contributed by atoms with E-state index in [1.165, 1.54) is 5.56 Å². The van der Waals surface area contributed by atoms with Crippen LogP contribution < -0.4 is 0 Å². The van der Waals surface area contributed by atoms with Gasteiger partial charge in [0, 0.05) is 23.3 Å². The van der Waals surface area contributed by atoms with E-state index in [0.29, 0.717) is 4.83 Å². The maximum Gasteiger partial charge on any atom is 0.154 e. The van der Waals surface area contributed by atoms with Crippen LogP contribution in [-0.2, 0) is 6.42 Å². The van der Waals surface area contributed by atoms with Gasteiger partial charge in [-0.15, -0.1) is 0 Å². The maximum absolute atomic E-state index is 4.27. The zero-order chi connectivity index (χ0) is 9.26. The second-order valence-corrected chi connectivity index (χ2v) is 4.64. The maximum atomic E-state index is 4.27. The van der Waals surface area contributed by atoms with Crippen LogP contribution in [0.2, 0.25) is 0 Å².